The van der Waals surface area contributed by atoms with E-state index in [1.54, 1.807) is 12.1 Å². The van der Waals surface area contributed by atoms with Gasteiger partial charge in [0, 0.05) is 0 Å². The van der Waals surface area contributed by atoms with Gasteiger partial charge in [0.25, 0.3) is 0 Å². The number of phenols is 1. The molecule has 0 fully saturated rings. The molecule has 118 valence electrons. The molecular weight excluding hydrogens is 296 g/mol. The summed E-state index contributed by atoms with van der Waals surface area (Å²) in [7, 11) is 1.18. The number of hydrogen-bond acceptors (Lipinski definition) is 4. The van der Waals surface area contributed by atoms with Crippen LogP contribution in [0, 0.1) is 0 Å². The van der Waals surface area contributed by atoms with Gasteiger partial charge < -0.3 is 20.5 Å². The molecule has 23 heavy (non-hydrogen) atoms. The number of nitrogens with one attached hydrogen (secondary N) is 2. The van der Waals surface area contributed by atoms with Crippen LogP contribution < -0.4 is 10.6 Å². The molecule has 0 aliphatic rings. The van der Waals surface area contributed by atoms with Gasteiger partial charge in [-0.25, -0.2) is 9.59 Å². The fourth-order valence-electron chi connectivity index (χ4n) is 1.91. The van der Waals surface area contributed by atoms with E-state index in [9.17, 15) is 14.7 Å². The van der Waals surface area contributed by atoms with Gasteiger partial charge >= 0.3 is 12.0 Å². The Morgan fingerprint density at radius 2 is 1.78 bits per heavy atom. The molecule has 0 aliphatic carbocycles. The van der Waals surface area contributed by atoms with Crippen LogP contribution in [0.5, 0.6) is 5.75 Å². The zero-order valence-electron chi connectivity index (χ0n) is 12.5. The molecule has 6 nitrogen and oxygen atoms in total. The summed E-state index contributed by atoms with van der Waals surface area (Å²) in [5, 5.41) is 14.6. The maximum Gasteiger partial charge on any atom is 0.353 e. The van der Waals surface area contributed by atoms with Crippen LogP contribution in [0.4, 0.5) is 10.5 Å². The third-order valence-electron chi connectivity index (χ3n) is 3.05. The van der Waals surface area contributed by atoms with Gasteiger partial charge in [0.05, 0.1) is 12.8 Å². The summed E-state index contributed by atoms with van der Waals surface area (Å²) in [6.45, 7) is 3.39. The minimum absolute atomic E-state index is 0.0940. The van der Waals surface area contributed by atoms with E-state index in [-0.39, 0.29) is 17.1 Å². The summed E-state index contributed by atoms with van der Waals surface area (Å²) in [5.41, 5.74) is 1.77. The van der Waals surface area contributed by atoms with Crippen molar-refractivity contribution < 1.29 is 19.4 Å². The lowest BCUT2D eigenvalue weighted by Crippen LogP contribution is -2.31. The number of methoxy groups -OCH3 is 1. The topological polar surface area (TPSA) is 87.7 Å². The highest BCUT2D eigenvalue weighted by molar-refractivity contribution is 5.98. The number of carbonyl (C=O) groups is 2. The summed E-state index contributed by atoms with van der Waals surface area (Å²) in [6, 6.07) is 13.6. The zero-order valence-corrected chi connectivity index (χ0v) is 12.5. The minimum Gasteiger partial charge on any atom is -0.506 e. The Hall–Kier alpha value is -3.28. The summed E-state index contributed by atoms with van der Waals surface area (Å²) in [5.74, 6) is -0.842. The number of benzene rings is 2. The van der Waals surface area contributed by atoms with Gasteiger partial charge in [-0.05, 0) is 23.3 Å². The third kappa shape index (κ3) is 4.10. The number of ether oxygens (including phenoxy) is 1. The lowest BCUT2D eigenvalue weighted by molar-refractivity contribution is -0.136. The molecular formula is C17H16N2O4. The average molecular weight is 312 g/mol. The highest BCUT2D eigenvalue weighted by Gasteiger charge is 2.12. The Morgan fingerprint density at radius 3 is 2.43 bits per heavy atom. The monoisotopic (exact) mass is 312 g/mol. The molecule has 2 aromatic rings. The van der Waals surface area contributed by atoms with Crippen molar-refractivity contribution in [2.24, 2.45) is 0 Å². The first-order valence-corrected chi connectivity index (χ1v) is 6.75. The fraction of sp³-hybridized carbons (Fsp3) is 0.0588. The molecule has 0 saturated heterocycles. The van der Waals surface area contributed by atoms with Crippen LogP contribution in [0.3, 0.4) is 0 Å². The van der Waals surface area contributed by atoms with E-state index in [4.69, 9.17) is 0 Å². The molecule has 2 aromatic carbocycles. The maximum atomic E-state index is 11.8. The Bertz CT molecular complexity index is 742. The Kier molecular flexibility index (Phi) is 4.99. The number of hydrogen-bond donors (Lipinski definition) is 3. The first-order chi connectivity index (χ1) is 11.0. The van der Waals surface area contributed by atoms with Crippen molar-refractivity contribution in [3.05, 3.63) is 60.8 Å². The van der Waals surface area contributed by atoms with Crippen LogP contribution in [0.15, 0.2) is 60.8 Å². The molecule has 0 bridgehead atoms. The first kappa shape index (κ1) is 16.1. The zero-order chi connectivity index (χ0) is 16.8. The normalized spacial score (nSPS) is 9.78. The summed E-state index contributed by atoms with van der Waals surface area (Å²) < 4.78 is 4.43. The number of phenolic OH excluding ortho intramolecular Hbond substituents is 1. The average Bonchev–Trinajstić information content (AvgIpc) is 2.56. The maximum absolute atomic E-state index is 11.8. The molecule has 0 saturated carbocycles. The number of esters is 1. The third-order valence-corrected chi connectivity index (χ3v) is 3.05. The van der Waals surface area contributed by atoms with Gasteiger partial charge in [-0.3, -0.25) is 0 Å². The minimum atomic E-state index is -0.748. The van der Waals surface area contributed by atoms with Crippen molar-refractivity contribution in [1.29, 1.82) is 0 Å². The van der Waals surface area contributed by atoms with E-state index in [1.165, 1.54) is 13.2 Å². The summed E-state index contributed by atoms with van der Waals surface area (Å²) in [6.07, 6.45) is 0. The van der Waals surface area contributed by atoms with Crippen LogP contribution >= 0.6 is 0 Å². The summed E-state index contributed by atoms with van der Waals surface area (Å²) >= 11 is 0. The second-order valence-electron chi connectivity index (χ2n) is 4.65. The number of rotatable bonds is 4. The van der Waals surface area contributed by atoms with Gasteiger partial charge in [-0.2, -0.15) is 0 Å². The first-order valence-electron chi connectivity index (χ1n) is 6.75. The number of amides is 2. The Morgan fingerprint density at radius 1 is 1.09 bits per heavy atom. The quantitative estimate of drug-likeness (QED) is 0.460. The molecule has 2 amide bonds. The predicted molar refractivity (Wildman–Crippen MR) is 86.9 cm³/mol. The molecule has 0 radical (unpaired) electrons. The van der Waals surface area contributed by atoms with Crippen molar-refractivity contribution in [2.75, 3.05) is 12.4 Å². The number of aromatic hydroxyl groups is 1. The highest BCUT2D eigenvalue weighted by atomic mass is 16.5. The van der Waals surface area contributed by atoms with Gasteiger partial charge in [0.15, 0.2) is 0 Å². The highest BCUT2D eigenvalue weighted by Crippen LogP contribution is 2.29. The van der Waals surface area contributed by atoms with E-state index in [0.29, 0.717) is 0 Å². The SMILES string of the molecule is C=C(NC(=O)Nc1cc(-c2ccccc2)ccc1O)C(=O)OC. The lowest BCUT2D eigenvalue weighted by Gasteiger charge is -2.11. The van der Waals surface area contributed by atoms with E-state index in [0.717, 1.165) is 11.1 Å². The molecule has 0 aromatic heterocycles. The van der Waals surface area contributed by atoms with Gasteiger partial charge in [-0.15, -0.1) is 0 Å². The molecule has 0 heterocycles. The molecule has 0 atom stereocenters. The van der Waals surface area contributed by atoms with Crippen molar-refractivity contribution in [3.8, 4) is 16.9 Å². The van der Waals surface area contributed by atoms with Gasteiger partial charge in [0.1, 0.15) is 11.4 Å². The second-order valence-corrected chi connectivity index (χ2v) is 4.65. The van der Waals surface area contributed by atoms with E-state index < -0.39 is 12.0 Å². The molecule has 2 rings (SSSR count). The van der Waals surface area contributed by atoms with Crippen molar-refractivity contribution in [2.45, 2.75) is 0 Å². The molecule has 3 N–H and O–H groups in total. The largest absolute Gasteiger partial charge is 0.506 e. The Labute approximate surface area is 133 Å². The molecule has 0 spiro atoms. The van der Waals surface area contributed by atoms with Crippen LogP contribution in [0.25, 0.3) is 11.1 Å². The van der Waals surface area contributed by atoms with Crippen molar-refractivity contribution in [1.82, 2.24) is 5.32 Å². The van der Waals surface area contributed by atoms with Crippen molar-refractivity contribution in [3.63, 3.8) is 0 Å². The predicted octanol–water partition coefficient (Wildman–Crippen LogP) is 2.87. The van der Waals surface area contributed by atoms with Gasteiger partial charge in [0.2, 0.25) is 0 Å². The smallest absolute Gasteiger partial charge is 0.353 e. The van der Waals surface area contributed by atoms with E-state index in [2.05, 4.69) is 21.9 Å². The van der Waals surface area contributed by atoms with Crippen LogP contribution in [-0.2, 0) is 9.53 Å². The van der Waals surface area contributed by atoms with Crippen LogP contribution in [0.2, 0.25) is 0 Å². The lowest BCUT2D eigenvalue weighted by atomic mass is 10.0. The van der Waals surface area contributed by atoms with Gasteiger partial charge in [-0.1, -0.05) is 43.0 Å². The molecule has 0 aliphatic heterocycles. The fourth-order valence-corrected chi connectivity index (χ4v) is 1.91. The van der Waals surface area contributed by atoms with E-state index in [1.807, 2.05) is 30.3 Å². The standard InChI is InChI=1S/C17H16N2O4/c1-11(16(21)23-2)18-17(22)19-14-10-13(8-9-15(14)20)12-6-4-3-5-7-12/h3-10,20H,1H2,2H3,(H2,18,19,22). The molecule has 0 unspecified atom stereocenters. The number of urea groups is 1. The van der Waals surface area contributed by atoms with Crippen LogP contribution in [-0.4, -0.2) is 24.2 Å². The van der Waals surface area contributed by atoms with E-state index >= 15 is 0 Å². The summed E-state index contributed by atoms with van der Waals surface area (Å²) in [4.78, 5) is 23.0. The number of anilines is 1. The molecule has 6 heteroatoms. The van der Waals surface area contributed by atoms with Crippen LogP contribution in [0.1, 0.15) is 0 Å². The second kappa shape index (κ2) is 7.13. The van der Waals surface area contributed by atoms with Crippen molar-refractivity contribution >= 4 is 17.7 Å². The Balaban J connectivity index is 2.15. The number of carbonyl (C=O) groups excluding carboxylic acids is 2.